The predicted octanol–water partition coefficient (Wildman–Crippen LogP) is 1.60. The van der Waals surface area contributed by atoms with Gasteiger partial charge in [0.05, 0.1) is 6.54 Å². The molecule has 0 bridgehead atoms. The molecule has 0 saturated carbocycles. The molecule has 148 valence electrons. The molecule has 0 spiro atoms. The number of nitrogens with one attached hydrogen (secondary N) is 1. The average molecular weight is 374 g/mol. The van der Waals surface area contributed by atoms with Gasteiger partial charge in [0.2, 0.25) is 5.91 Å². The van der Waals surface area contributed by atoms with E-state index in [2.05, 4.69) is 9.88 Å². The van der Waals surface area contributed by atoms with E-state index in [-0.39, 0.29) is 17.6 Å². The molecule has 2 aliphatic heterocycles. The third-order valence-electron chi connectivity index (χ3n) is 5.73. The maximum absolute atomic E-state index is 12.9. The van der Waals surface area contributed by atoms with Gasteiger partial charge < -0.3 is 14.8 Å². The number of piperidine rings is 1. The zero-order chi connectivity index (χ0) is 19.6. The van der Waals surface area contributed by atoms with Crippen molar-refractivity contribution in [3.05, 3.63) is 22.5 Å². The van der Waals surface area contributed by atoms with Gasteiger partial charge in [-0.15, -0.1) is 0 Å². The Balaban J connectivity index is 1.56. The van der Waals surface area contributed by atoms with Gasteiger partial charge in [-0.05, 0) is 45.6 Å². The lowest BCUT2D eigenvalue weighted by atomic mass is 10.1. The van der Waals surface area contributed by atoms with Gasteiger partial charge in [-0.25, -0.2) is 0 Å². The maximum Gasteiger partial charge on any atom is 0.270 e. The number of hydrogen-bond acceptors (Lipinski definition) is 4. The van der Waals surface area contributed by atoms with Crippen LogP contribution in [0.4, 0.5) is 0 Å². The smallest absolute Gasteiger partial charge is 0.270 e. The molecule has 7 heteroatoms. The summed E-state index contributed by atoms with van der Waals surface area (Å²) in [4.78, 5) is 46.1. The molecule has 1 N–H and O–H groups in total. The van der Waals surface area contributed by atoms with E-state index >= 15 is 0 Å². The Kier molecular flexibility index (Phi) is 5.99. The number of H-pyrrole nitrogens is 1. The fourth-order valence-corrected chi connectivity index (χ4v) is 4.19. The molecule has 1 aromatic rings. The van der Waals surface area contributed by atoms with Gasteiger partial charge in [-0.1, -0.05) is 0 Å². The second kappa shape index (κ2) is 8.25. The van der Waals surface area contributed by atoms with Crippen LogP contribution >= 0.6 is 0 Å². The summed E-state index contributed by atoms with van der Waals surface area (Å²) >= 11 is 0. The average Bonchev–Trinajstić information content (AvgIpc) is 2.96. The molecule has 2 saturated heterocycles. The lowest BCUT2D eigenvalue weighted by Crippen LogP contribution is -2.52. The molecule has 2 fully saturated rings. The van der Waals surface area contributed by atoms with Gasteiger partial charge >= 0.3 is 0 Å². The van der Waals surface area contributed by atoms with E-state index in [4.69, 9.17) is 0 Å². The Labute approximate surface area is 160 Å². The molecule has 0 radical (unpaired) electrons. The highest BCUT2D eigenvalue weighted by Gasteiger charge is 2.28. The number of Topliss-reactive ketones (excluding diaryl/α,β-unsaturated/α-hetero) is 1. The first kappa shape index (κ1) is 19.6. The normalized spacial score (nSPS) is 18.6. The van der Waals surface area contributed by atoms with E-state index < -0.39 is 0 Å². The van der Waals surface area contributed by atoms with Crippen LogP contribution < -0.4 is 0 Å². The van der Waals surface area contributed by atoms with E-state index in [9.17, 15) is 14.4 Å². The fourth-order valence-electron chi connectivity index (χ4n) is 4.19. The van der Waals surface area contributed by atoms with Gasteiger partial charge in [-0.2, -0.15) is 0 Å². The molecule has 0 aromatic carbocycles. The summed E-state index contributed by atoms with van der Waals surface area (Å²) in [5.41, 5.74) is 2.60. The van der Waals surface area contributed by atoms with E-state index in [0.29, 0.717) is 44.0 Å². The van der Waals surface area contributed by atoms with Crippen molar-refractivity contribution in [2.24, 2.45) is 0 Å². The van der Waals surface area contributed by atoms with Crippen molar-refractivity contribution >= 4 is 17.6 Å². The van der Waals surface area contributed by atoms with Crippen molar-refractivity contribution in [1.29, 1.82) is 0 Å². The highest BCUT2D eigenvalue weighted by molar-refractivity contribution is 6.02. The first-order valence-electron chi connectivity index (χ1n) is 9.88. The van der Waals surface area contributed by atoms with Crippen LogP contribution in [0, 0.1) is 13.8 Å². The Morgan fingerprint density at radius 2 is 1.52 bits per heavy atom. The minimum atomic E-state index is -0.0647. The maximum atomic E-state index is 12.9. The number of aromatic amines is 1. The number of piperazine rings is 1. The molecule has 7 nitrogen and oxygen atoms in total. The van der Waals surface area contributed by atoms with Crippen LogP contribution in [0.3, 0.4) is 0 Å². The van der Waals surface area contributed by atoms with Crippen LogP contribution in [0.1, 0.15) is 58.3 Å². The SMILES string of the molecule is CC(=O)c1c(C)[nH]c(C(=O)N2CCN(CC(=O)N3CCCCC3)CC2)c1C. The van der Waals surface area contributed by atoms with Crippen molar-refractivity contribution in [3.63, 3.8) is 0 Å². The molecule has 1 aromatic heterocycles. The van der Waals surface area contributed by atoms with E-state index in [1.54, 1.807) is 0 Å². The molecule has 0 aliphatic carbocycles. The Morgan fingerprint density at radius 1 is 0.889 bits per heavy atom. The van der Waals surface area contributed by atoms with Crippen molar-refractivity contribution in [2.45, 2.75) is 40.0 Å². The van der Waals surface area contributed by atoms with Crippen molar-refractivity contribution in [2.75, 3.05) is 45.8 Å². The van der Waals surface area contributed by atoms with Crippen molar-refractivity contribution in [1.82, 2.24) is 19.7 Å². The monoisotopic (exact) mass is 374 g/mol. The second-order valence-electron chi connectivity index (χ2n) is 7.69. The first-order chi connectivity index (χ1) is 12.9. The number of carbonyl (C=O) groups is 3. The van der Waals surface area contributed by atoms with Gasteiger partial charge in [0.25, 0.3) is 5.91 Å². The fraction of sp³-hybridized carbons (Fsp3) is 0.650. The van der Waals surface area contributed by atoms with Crippen LogP contribution in [-0.4, -0.2) is 83.1 Å². The molecule has 0 atom stereocenters. The van der Waals surface area contributed by atoms with E-state index in [1.165, 1.54) is 13.3 Å². The molecule has 2 aliphatic rings. The van der Waals surface area contributed by atoms with E-state index in [0.717, 1.165) is 37.2 Å². The van der Waals surface area contributed by atoms with Crippen molar-refractivity contribution < 1.29 is 14.4 Å². The number of nitrogens with zero attached hydrogens (tertiary/aromatic N) is 3. The topological polar surface area (TPSA) is 76.7 Å². The molecule has 27 heavy (non-hydrogen) atoms. The largest absolute Gasteiger partial charge is 0.354 e. The Bertz CT molecular complexity index is 726. The van der Waals surface area contributed by atoms with Gasteiger partial charge in [0.1, 0.15) is 5.69 Å². The number of aryl methyl sites for hydroxylation is 1. The van der Waals surface area contributed by atoms with Crippen LogP contribution in [0.15, 0.2) is 0 Å². The summed E-state index contributed by atoms with van der Waals surface area (Å²) in [6.07, 6.45) is 3.42. The summed E-state index contributed by atoms with van der Waals surface area (Å²) in [5, 5.41) is 0. The Morgan fingerprint density at radius 3 is 2.07 bits per heavy atom. The molecular formula is C20H30N4O3. The number of aromatic nitrogens is 1. The summed E-state index contributed by atoms with van der Waals surface area (Å²) < 4.78 is 0. The van der Waals surface area contributed by atoms with Gasteiger partial charge in [0.15, 0.2) is 5.78 Å². The summed E-state index contributed by atoms with van der Waals surface area (Å²) in [5.74, 6) is 0.114. The molecular weight excluding hydrogens is 344 g/mol. The summed E-state index contributed by atoms with van der Waals surface area (Å²) in [6.45, 7) is 9.95. The molecule has 2 amide bonds. The number of ketones is 1. The highest BCUT2D eigenvalue weighted by Crippen LogP contribution is 2.20. The van der Waals surface area contributed by atoms with E-state index in [1.807, 2.05) is 23.6 Å². The zero-order valence-electron chi connectivity index (χ0n) is 16.6. The second-order valence-corrected chi connectivity index (χ2v) is 7.69. The zero-order valence-corrected chi connectivity index (χ0v) is 16.6. The minimum Gasteiger partial charge on any atom is -0.354 e. The molecule has 3 rings (SSSR count). The lowest BCUT2D eigenvalue weighted by Gasteiger charge is -2.36. The first-order valence-corrected chi connectivity index (χ1v) is 9.88. The standard InChI is InChI=1S/C20H30N4O3/c1-14-18(16(3)25)15(2)21-19(14)20(27)24-11-9-22(10-12-24)13-17(26)23-7-5-4-6-8-23/h21H,4-13H2,1-3H3. The number of rotatable bonds is 4. The van der Waals surface area contributed by atoms with Crippen LogP contribution in [0.5, 0.6) is 0 Å². The third-order valence-corrected chi connectivity index (χ3v) is 5.73. The third kappa shape index (κ3) is 4.24. The van der Waals surface area contributed by atoms with Crippen LogP contribution in [0.2, 0.25) is 0 Å². The predicted molar refractivity (Wildman–Crippen MR) is 103 cm³/mol. The Hall–Kier alpha value is -2.15. The van der Waals surface area contributed by atoms with Crippen LogP contribution in [-0.2, 0) is 4.79 Å². The van der Waals surface area contributed by atoms with Crippen LogP contribution in [0.25, 0.3) is 0 Å². The lowest BCUT2D eigenvalue weighted by molar-refractivity contribution is -0.133. The number of amides is 2. The molecule has 0 unspecified atom stereocenters. The quantitative estimate of drug-likeness (QED) is 0.813. The number of carbonyl (C=O) groups excluding carboxylic acids is 3. The minimum absolute atomic E-state index is 0.0265. The highest BCUT2D eigenvalue weighted by atomic mass is 16.2. The van der Waals surface area contributed by atoms with Gasteiger partial charge in [0, 0.05) is 50.5 Å². The summed E-state index contributed by atoms with van der Waals surface area (Å²) in [6, 6.07) is 0. The van der Waals surface area contributed by atoms with Crippen molar-refractivity contribution in [3.8, 4) is 0 Å². The van der Waals surface area contributed by atoms with Gasteiger partial charge in [-0.3, -0.25) is 19.3 Å². The molecule has 3 heterocycles. The number of hydrogen-bond donors (Lipinski definition) is 1. The number of likely N-dealkylation sites (tertiary alicyclic amines) is 1. The summed E-state index contributed by atoms with van der Waals surface area (Å²) in [7, 11) is 0.